The number of aromatic nitrogens is 1. The molecule has 0 spiro atoms. The van der Waals surface area contributed by atoms with E-state index < -0.39 is 0 Å². The highest BCUT2D eigenvalue weighted by molar-refractivity contribution is 5.60. The van der Waals surface area contributed by atoms with Gasteiger partial charge in [0.1, 0.15) is 0 Å². The summed E-state index contributed by atoms with van der Waals surface area (Å²) in [5, 5.41) is 3.36. The van der Waals surface area contributed by atoms with Crippen LogP contribution in [0.4, 0.5) is 0 Å². The molecule has 0 aromatic carbocycles. The van der Waals surface area contributed by atoms with Gasteiger partial charge in [0.2, 0.25) is 0 Å². The van der Waals surface area contributed by atoms with Crippen LogP contribution in [-0.2, 0) is 0 Å². The minimum absolute atomic E-state index is 0.433. The molecule has 1 heterocycles. The Morgan fingerprint density at radius 2 is 2.14 bits per heavy atom. The number of rotatable bonds is 4. The lowest BCUT2D eigenvalue weighted by molar-refractivity contribution is 0.481. The van der Waals surface area contributed by atoms with Crippen LogP contribution >= 0.6 is 0 Å². The van der Waals surface area contributed by atoms with Crippen LogP contribution in [0.25, 0.3) is 5.70 Å². The van der Waals surface area contributed by atoms with E-state index in [9.17, 15) is 0 Å². The summed E-state index contributed by atoms with van der Waals surface area (Å²) < 4.78 is 0. The summed E-state index contributed by atoms with van der Waals surface area (Å²) in [6, 6.07) is 4.36. The van der Waals surface area contributed by atoms with Crippen LogP contribution in [0.5, 0.6) is 0 Å². The van der Waals surface area contributed by atoms with Crippen molar-refractivity contribution in [3.63, 3.8) is 0 Å². The van der Waals surface area contributed by atoms with Gasteiger partial charge in [-0.2, -0.15) is 0 Å². The maximum atomic E-state index is 4.06. The van der Waals surface area contributed by atoms with E-state index in [1.165, 1.54) is 0 Å². The summed E-state index contributed by atoms with van der Waals surface area (Å²) in [7, 11) is 0. The van der Waals surface area contributed by atoms with E-state index in [4.69, 9.17) is 0 Å². The van der Waals surface area contributed by atoms with Crippen molar-refractivity contribution in [1.82, 2.24) is 10.3 Å². The van der Waals surface area contributed by atoms with Gasteiger partial charge in [-0.1, -0.05) is 20.4 Å². The first-order valence-corrected chi connectivity index (χ1v) is 4.97. The van der Waals surface area contributed by atoms with E-state index in [0.29, 0.717) is 12.0 Å². The highest BCUT2D eigenvalue weighted by atomic mass is 14.9. The summed E-state index contributed by atoms with van der Waals surface area (Å²) in [5.74, 6) is 0.600. The van der Waals surface area contributed by atoms with Crippen LogP contribution in [0, 0.1) is 5.92 Å². The molecule has 0 fully saturated rings. The third-order valence-electron chi connectivity index (χ3n) is 2.41. The van der Waals surface area contributed by atoms with E-state index in [1.807, 2.05) is 18.3 Å². The number of nitrogens with zero attached hydrogens (tertiary/aromatic N) is 1. The summed E-state index contributed by atoms with van der Waals surface area (Å²) >= 11 is 0. The molecule has 0 saturated carbocycles. The fourth-order valence-corrected chi connectivity index (χ4v) is 1.07. The van der Waals surface area contributed by atoms with Crippen molar-refractivity contribution in [3.8, 4) is 0 Å². The molecule has 1 aromatic heterocycles. The highest BCUT2D eigenvalue weighted by Crippen LogP contribution is 2.10. The summed E-state index contributed by atoms with van der Waals surface area (Å²) in [6.45, 7) is 10.5. The van der Waals surface area contributed by atoms with E-state index >= 15 is 0 Å². The van der Waals surface area contributed by atoms with Gasteiger partial charge in [0.15, 0.2) is 0 Å². The lowest BCUT2D eigenvalue weighted by atomic mass is 10.1. The average Bonchev–Trinajstić information content (AvgIpc) is 2.19. The topological polar surface area (TPSA) is 24.9 Å². The van der Waals surface area contributed by atoms with Crippen molar-refractivity contribution >= 4 is 5.70 Å². The zero-order chi connectivity index (χ0) is 10.6. The molecule has 0 unspecified atom stereocenters. The number of hydrogen-bond donors (Lipinski definition) is 1. The third kappa shape index (κ3) is 2.87. The van der Waals surface area contributed by atoms with Gasteiger partial charge in [0.25, 0.3) is 0 Å². The van der Waals surface area contributed by atoms with Crippen LogP contribution in [0.3, 0.4) is 0 Å². The molecule has 0 saturated heterocycles. The fourth-order valence-electron chi connectivity index (χ4n) is 1.07. The Balaban J connectivity index is 2.60. The third-order valence-corrected chi connectivity index (χ3v) is 2.41. The Morgan fingerprint density at radius 1 is 1.43 bits per heavy atom. The van der Waals surface area contributed by atoms with Gasteiger partial charge in [-0.15, -0.1) is 0 Å². The molecule has 76 valence electrons. The van der Waals surface area contributed by atoms with Crippen LogP contribution < -0.4 is 5.32 Å². The Bertz CT molecular complexity index is 290. The second kappa shape index (κ2) is 4.80. The molecular weight excluding hydrogens is 172 g/mol. The van der Waals surface area contributed by atoms with E-state index in [-0.39, 0.29) is 0 Å². The molecule has 0 aliphatic rings. The number of nitrogens with one attached hydrogen (secondary N) is 1. The molecule has 1 atom stereocenters. The van der Waals surface area contributed by atoms with Crippen LogP contribution in [-0.4, -0.2) is 11.0 Å². The van der Waals surface area contributed by atoms with Crippen LogP contribution in [0.2, 0.25) is 0 Å². The van der Waals surface area contributed by atoms with Crippen molar-refractivity contribution in [3.05, 3.63) is 36.7 Å². The largest absolute Gasteiger partial charge is 0.382 e. The quantitative estimate of drug-likeness (QED) is 0.789. The lowest BCUT2D eigenvalue weighted by Gasteiger charge is -2.20. The summed E-state index contributed by atoms with van der Waals surface area (Å²) in [6.07, 6.45) is 3.59. The Labute approximate surface area is 86.1 Å². The minimum Gasteiger partial charge on any atom is -0.382 e. The molecule has 1 aromatic rings. The highest BCUT2D eigenvalue weighted by Gasteiger charge is 2.07. The zero-order valence-electron chi connectivity index (χ0n) is 9.12. The number of hydrogen-bond acceptors (Lipinski definition) is 2. The molecule has 0 amide bonds. The monoisotopic (exact) mass is 190 g/mol. The van der Waals surface area contributed by atoms with Crippen LogP contribution in [0.1, 0.15) is 26.3 Å². The second-order valence-electron chi connectivity index (χ2n) is 3.90. The van der Waals surface area contributed by atoms with Gasteiger partial charge in [-0.25, -0.2) is 0 Å². The molecule has 0 bridgehead atoms. The molecule has 14 heavy (non-hydrogen) atoms. The predicted molar refractivity (Wildman–Crippen MR) is 60.7 cm³/mol. The predicted octanol–water partition coefficient (Wildman–Crippen LogP) is 2.69. The van der Waals surface area contributed by atoms with Gasteiger partial charge >= 0.3 is 0 Å². The summed E-state index contributed by atoms with van der Waals surface area (Å²) in [4.78, 5) is 4.06. The molecule has 0 aliphatic heterocycles. The first kappa shape index (κ1) is 10.8. The van der Waals surface area contributed by atoms with Crippen molar-refractivity contribution < 1.29 is 0 Å². The van der Waals surface area contributed by atoms with Crippen molar-refractivity contribution in [2.75, 3.05) is 0 Å². The zero-order valence-corrected chi connectivity index (χ0v) is 9.12. The molecular formula is C12H18N2. The molecule has 1 rings (SSSR count). The van der Waals surface area contributed by atoms with Crippen molar-refractivity contribution in [2.45, 2.75) is 26.8 Å². The summed E-state index contributed by atoms with van der Waals surface area (Å²) in [5.41, 5.74) is 2.00. The smallest absolute Gasteiger partial charge is 0.0360 e. The molecule has 0 radical (unpaired) electrons. The minimum atomic E-state index is 0.433. The first-order valence-electron chi connectivity index (χ1n) is 4.97. The van der Waals surface area contributed by atoms with E-state index in [0.717, 1.165) is 11.3 Å². The van der Waals surface area contributed by atoms with E-state index in [1.54, 1.807) is 6.20 Å². The van der Waals surface area contributed by atoms with Gasteiger partial charge in [-0.05, 0) is 25.0 Å². The van der Waals surface area contributed by atoms with Gasteiger partial charge in [-0.3, -0.25) is 4.98 Å². The molecule has 0 aliphatic carbocycles. The SMILES string of the molecule is C=C(N[C@H](C)C(C)C)c1cccnc1. The average molecular weight is 190 g/mol. The molecule has 2 nitrogen and oxygen atoms in total. The van der Waals surface area contributed by atoms with Crippen molar-refractivity contribution in [2.24, 2.45) is 5.92 Å². The Hall–Kier alpha value is -1.31. The Kier molecular flexibility index (Phi) is 3.69. The Morgan fingerprint density at radius 3 is 2.64 bits per heavy atom. The maximum absolute atomic E-state index is 4.06. The standard InChI is InChI=1S/C12H18N2/c1-9(2)10(3)14-11(4)12-6-5-7-13-8-12/h5-10,14H,4H2,1-3H3/t10-/m1/s1. The normalized spacial score (nSPS) is 12.6. The van der Waals surface area contributed by atoms with E-state index in [2.05, 4.69) is 37.7 Å². The maximum Gasteiger partial charge on any atom is 0.0360 e. The molecule has 2 heteroatoms. The number of pyridine rings is 1. The fraction of sp³-hybridized carbons (Fsp3) is 0.417. The van der Waals surface area contributed by atoms with Crippen LogP contribution in [0.15, 0.2) is 31.1 Å². The second-order valence-corrected chi connectivity index (χ2v) is 3.90. The first-order chi connectivity index (χ1) is 6.61. The molecule has 1 N–H and O–H groups in total. The lowest BCUT2D eigenvalue weighted by Crippen LogP contribution is -2.28. The van der Waals surface area contributed by atoms with Gasteiger partial charge in [0.05, 0.1) is 0 Å². The van der Waals surface area contributed by atoms with Gasteiger partial charge < -0.3 is 5.32 Å². The van der Waals surface area contributed by atoms with Crippen molar-refractivity contribution in [1.29, 1.82) is 0 Å². The van der Waals surface area contributed by atoms with Gasteiger partial charge in [0, 0.05) is 29.7 Å².